The fourth-order valence-electron chi connectivity index (χ4n) is 4.67. The van der Waals surface area contributed by atoms with Gasteiger partial charge in [-0.15, -0.1) is 0 Å². The molecule has 0 saturated carbocycles. The lowest BCUT2D eigenvalue weighted by Crippen LogP contribution is -2.43. The maximum absolute atomic E-state index is 12.7. The van der Waals surface area contributed by atoms with Crippen molar-refractivity contribution in [1.82, 2.24) is 19.9 Å². The Morgan fingerprint density at radius 3 is 2.59 bits per heavy atom. The molecule has 1 spiro atoms. The van der Waals surface area contributed by atoms with Crippen molar-refractivity contribution in [2.75, 3.05) is 49.2 Å². The van der Waals surface area contributed by atoms with Gasteiger partial charge in [-0.05, 0) is 25.7 Å². The number of anilines is 2. The summed E-state index contributed by atoms with van der Waals surface area (Å²) >= 11 is 0. The van der Waals surface area contributed by atoms with E-state index in [0.29, 0.717) is 19.2 Å². The first kappa shape index (κ1) is 16.7. The average molecular weight is 368 g/mol. The Labute approximate surface area is 157 Å². The molecule has 0 atom stereocenters. The first-order chi connectivity index (χ1) is 13.3. The number of nitrogens with zero attached hydrogens (tertiary/aromatic N) is 5. The van der Waals surface area contributed by atoms with Crippen LogP contribution in [0.4, 0.5) is 11.8 Å². The average Bonchev–Trinajstić information content (AvgIpc) is 3.08. The summed E-state index contributed by atoms with van der Waals surface area (Å²) in [5.41, 5.74) is 1.98. The third kappa shape index (κ3) is 2.88. The first-order valence-corrected chi connectivity index (χ1v) is 9.73. The summed E-state index contributed by atoms with van der Waals surface area (Å²) in [7, 11) is 0. The van der Waals surface area contributed by atoms with Crippen LogP contribution in [0.3, 0.4) is 0 Å². The number of piperidine rings is 1. The van der Waals surface area contributed by atoms with Crippen LogP contribution in [-0.2, 0) is 16.6 Å². The van der Waals surface area contributed by atoms with Crippen LogP contribution in [-0.4, -0.2) is 59.3 Å². The van der Waals surface area contributed by atoms with E-state index < -0.39 is 0 Å². The molecule has 8 heteroatoms. The highest BCUT2D eigenvalue weighted by Gasteiger charge is 2.44. The van der Waals surface area contributed by atoms with Crippen molar-refractivity contribution in [3.63, 3.8) is 0 Å². The molecule has 2 aromatic heterocycles. The van der Waals surface area contributed by atoms with E-state index in [1.165, 1.54) is 0 Å². The van der Waals surface area contributed by atoms with E-state index in [-0.39, 0.29) is 11.0 Å². The van der Waals surface area contributed by atoms with E-state index in [2.05, 4.69) is 24.8 Å². The van der Waals surface area contributed by atoms with E-state index in [0.717, 1.165) is 68.9 Å². The van der Waals surface area contributed by atoms with Crippen LogP contribution in [0.25, 0.3) is 0 Å². The van der Waals surface area contributed by atoms with Gasteiger partial charge in [0.1, 0.15) is 5.82 Å². The quantitative estimate of drug-likeness (QED) is 0.842. The summed E-state index contributed by atoms with van der Waals surface area (Å²) in [6.07, 6.45) is 9.09. The van der Waals surface area contributed by atoms with Crippen molar-refractivity contribution in [3.8, 4) is 0 Å². The summed E-state index contributed by atoms with van der Waals surface area (Å²) in [5, 5.41) is 0. The summed E-state index contributed by atoms with van der Waals surface area (Å²) in [4.78, 5) is 33.7. The zero-order valence-corrected chi connectivity index (χ0v) is 15.4. The molecule has 3 aliphatic rings. The number of rotatable bonds is 2. The van der Waals surface area contributed by atoms with Crippen LogP contribution in [0.15, 0.2) is 23.4 Å². The van der Waals surface area contributed by atoms with Crippen molar-refractivity contribution in [1.29, 1.82) is 0 Å². The number of H-pyrrole nitrogens is 1. The summed E-state index contributed by atoms with van der Waals surface area (Å²) in [6, 6.07) is 0. The summed E-state index contributed by atoms with van der Waals surface area (Å²) < 4.78 is 5.43. The molecule has 142 valence electrons. The normalized spacial score (nSPS) is 21.5. The van der Waals surface area contributed by atoms with E-state index >= 15 is 0 Å². The number of aromatic amines is 1. The number of ether oxygens (including phenoxy) is 1. The highest BCUT2D eigenvalue weighted by atomic mass is 16.5. The number of fused-ring (bicyclic) bond motifs is 2. The molecule has 0 unspecified atom stereocenters. The van der Waals surface area contributed by atoms with Gasteiger partial charge < -0.3 is 14.5 Å². The zero-order valence-electron chi connectivity index (χ0n) is 15.4. The molecule has 4 heterocycles. The lowest BCUT2D eigenvalue weighted by atomic mass is 9.76. The summed E-state index contributed by atoms with van der Waals surface area (Å²) in [6.45, 7) is 4.74. The number of aromatic nitrogens is 4. The van der Waals surface area contributed by atoms with Gasteiger partial charge in [0.15, 0.2) is 0 Å². The number of nitrogens with one attached hydrogen (secondary N) is 1. The van der Waals surface area contributed by atoms with Crippen molar-refractivity contribution >= 4 is 11.8 Å². The van der Waals surface area contributed by atoms with Gasteiger partial charge in [0.25, 0.3) is 5.56 Å². The van der Waals surface area contributed by atoms with Crippen molar-refractivity contribution < 1.29 is 4.74 Å². The minimum Gasteiger partial charge on any atom is -0.378 e. The third-order valence-corrected chi connectivity index (χ3v) is 6.26. The van der Waals surface area contributed by atoms with Gasteiger partial charge in [-0.3, -0.25) is 14.8 Å². The Morgan fingerprint density at radius 1 is 1.04 bits per heavy atom. The van der Waals surface area contributed by atoms with E-state index in [1.807, 2.05) is 6.20 Å². The van der Waals surface area contributed by atoms with Crippen molar-refractivity contribution in [3.05, 3.63) is 40.2 Å². The Hall–Kier alpha value is -2.48. The van der Waals surface area contributed by atoms with Crippen LogP contribution in [0.1, 0.15) is 30.5 Å². The predicted molar refractivity (Wildman–Crippen MR) is 101 cm³/mol. The van der Waals surface area contributed by atoms with Gasteiger partial charge in [0.2, 0.25) is 5.95 Å². The number of hydrogen-bond acceptors (Lipinski definition) is 7. The second-order valence-corrected chi connectivity index (χ2v) is 7.65. The number of morpholine rings is 1. The van der Waals surface area contributed by atoms with Gasteiger partial charge in [-0.25, -0.2) is 9.97 Å². The van der Waals surface area contributed by atoms with Crippen LogP contribution in [0.5, 0.6) is 0 Å². The largest absolute Gasteiger partial charge is 0.378 e. The SMILES string of the molecule is O=c1[nH]c(N2CCOCC2)nc2c1CCC21CCN(c2cnccn2)CC1. The highest BCUT2D eigenvalue weighted by molar-refractivity contribution is 5.43. The topological polar surface area (TPSA) is 87.2 Å². The fourth-order valence-corrected chi connectivity index (χ4v) is 4.67. The molecule has 0 radical (unpaired) electrons. The standard InChI is InChI=1S/C19H24N6O2/c26-17-14-1-2-19(3-7-24(8-4-19)15-13-20-5-6-21-15)16(14)22-18(23-17)25-9-11-27-12-10-25/h5-6,13H,1-4,7-12H2,(H,22,23,26). The maximum Gasteiger partial charge on any atom is 0.255 e. The molecule has 2 saturated heterocycles. The van der Waals surface area contributed by atoms with Gasteiger partial charge in [0, 0.05) is 49.6 Å². The van der Waals surface area contributed by atoms with E-state index in [1.54, 1.807) is 12.4 Å². The molecular weight excluding hydrogens is 344 g/mol. The second-order valence-electron chi connectivity index (χ2n) is 7.65. The molecule has 2 aliphatic heterocycles. The monoisotopic (exact) mass is 368 g/mol. The fraction of sp³-hybridized carbons (Fsp3) is 0.579. The second kappa shape index (κ2) is 6.60. The molecule has 27 heavy (non-hydrogen) atoms. The minimum absolute atomic E-state index is 0.0172. The third-order valence-electron chi connectivity index (χ3n) is 6.26. The van der Waals surface area contributed by atoms with Crippen LogP contribution in [0, 0.1) is 0 Å². The first-order valence-electron chi connectivity index (χ1n) is 9.73. The van der Waals surface area contributed by atoms with E-state index in [4.69, 9.17) is 9.72 Å². The molecule has 5 rings (SSSR count). The predicted octanol–water partition coefficient (Wildman–Crippen LogP) is 0.881. The van der Waals surface area contributed by atoms with Gasteiger partial charge in [0.05, 0.1) is 25.1 Å². The Balaban J connectivity index is 1.42. The van der Waals surface area contributed by atoms with Gasteiger partial charge in [-0.1, -0.05) is 0 Å². The molecular formula is C19H24N6O2. The molecule has 1 aliphatic carbocycles. The molecule has 0 aromatic carbocycles. The molecule has 8 nitrogen and oxygen atoms in total. The Bertz CT molecular complexity index is 870. The van der Waals surface area contributed by atoms with Crippen molar-refractivity contribution in [2.45, 2.75) is 31.1 Å². The lowest BCUT2D eigenvalue weighted by Gasteiger charge is -2.40. The minimum atomic E-state index is 0.0172. The molecule has 2 fully saturated rings. The van der Waals surface area contributed by atoms with Gasteiger partial charge >= 0.3 is 0 Å². The smallest absolute Gasteiger partial charge is 0.255 e. The van der Waals surface area contributed by atoms with Gasteiger partial charge in [-0.2, -0.15) is 0 Å². The Morgan fingerprint density at radius 2 is 1.85 bits per heavy atom. The molecule has 2 aromatic rings. The van der Waals surface area contributed by atoms with Crippen LogP contribution >= 0.6 is 0 Å². The number of hydrogen-bond donors (Lipinski definition) is 1. The summed E-state index contributed by atoms with van der Waals surface area (Å²) in [5.74, 6) is 1.64. The zero-order chi connectivity index (χ0) is 18.3. The molecule has 0 amide bonds. The van der Waals surface area contributed by atoms with Crippen LogP contribution in [0.2, 0.25) is 0 Å². The maximum atomic E-state index is 12.7. The highest BCUT2D eigenvalue weighted by Crippen LogP contribution is 2.45. The van der Waals surface area contributed by atoms with E-state index in [9.17, 15) is 4.79 Å². The van der Waals surface area contributed by atoms with Crippen molar-refractivity contribution in [2.24, 2.45) is 0 Å². The lowest BCUT2D eigenvalue weighted by molar-refractivity contribution is 0.122. The Kier molecular flexibility index (Phi) is 4.07. The van der Waals surface area contributed by atoms with Crippen LogP contribution < -0.4 is 15.4 Å². The molecule has 1 N–H and O–H groups in total. The molecule has 0 bridgehead atoms.